The van der Waals surface area contributed by atoms with Gasteiger partial charge < -0.3 is 20.1 Å². The molecule has 1 aromatic rings. The van der Waals surface area contributed by atoms with Gasteiger partial charge in [0.25, 0.3) is 5.69 Å². The number of quaternary nitrogens is 1. The molecule has 0 fully saturated rings. The number of hydrogen-bond acceptors (Lipinski definition) is 5. The molecule has 0 radical (unpaired) electrons. The number of aryl methyl sites for hydroxylation is 1. The minimum atomic E-state index is -4.88. The van der Waals surface area contributed by atoms with Crippen molar-refractivity contribution >= 4 is 13.3 Å². The molecule has 7 nitrogen and oxygen atoms in total. The molecule has 0 amide bonds. The van der Waals surface area contributed by atoms with Crippen LogP contribution in [0.5, 0.6) is 0 Å². The highest BCUT2D eigenvalue weighted by Gasteiger charge is 2.18. The lowest BCUT2D eigenvalue weighted by molar-refractivity contribution is -0.435. The minimum absolute atomic E-state index is 0.0330. The molecule has 0 saturated carbocycles. The van der Waals surface area contributed by atoms with E-state index >= 15 is 0 Å². The minimum Gasteiger partial charge on any atom is -0.806 e. The van der Waals surface area contributed by atoms with Gasteiger partial charge in [-0.1, -0.05) is 12.1 Å². The molecule has 0 saturated heterocycles. The van der Waals surface area contributed by atoms with Crippen LogP contribution in [0.25, 0.3) is 0 Å². The van der Waals surface area contributed by atoms with Gasteiger partial charge in [-0.2, -0.15) is 0 Å². The van der Waals surface area contributed by atoms with Crippen molar-refractivity contribution in [1.29, 1.82) is 0 Å². The van der Waals surface area contributed by atoms with Crippen LogP contribution in [0, 0.1) is 17.0 Å². The van der Waals surface area contributed by atoms with Gasteiger partial charge in [-0.05, 0) is 14.5 Å². The molecule has 0 aliphatic heterocycles. The first-order chi connectivity index (χ1) is 7.23. The molecule has 88 valence electrons. The van der Waals surface area contributed by atoms with E-state index in [1.165, 1.54) is 19.1 Å². The number of benzene rings is 1. The Bertz CT molecular complexity index is 469. The van der Waals surface area contributed by atoms with Gasteiger partial charge in [0.05, 0.1) is 4.92 Å². The fraction of sp³-hybridized carbons (Fsp3) is 0.250. The number of hydrogen-bond donors (Lipinski definition) is 1. The summed E-state index contributed by atoms with van der Waals surface area (Å²) in [6, 6.07) is 3.80. The van der Waals surface area contributed by atoms with Gasteiger partial charge in [0, 0.05) is 17.2 Å². The van der Waals surface area contributed by atoms with E-state index in [4.69, 9.17) is 0 Å². The fourth-order valence-corrected chi connectivity index (χ4v) is 1.74. The lowest BCUT2D eigenvalue weighted by Gasteiger charge is -2.32. The summed E-state index contributed by atoms with van der Waals surface area (Å²) >= 11 is 0. The average Bonchev–Trinajstić information content (AvgIpc) is 2.15. The van der Waals surface area contributed by atoms with Gasteiger partial charge in [0.1, 0.15) is 5.78 Å². The van der Waals surface area contributed by atoms with E-state index in [-0.39, 0.29) is 11.3 Å². The third kappa shape index (κ3) is 2.65. The molecule has 0 spiro atoms. The summed E-state index contributed by atoms with van der Waals surface area (Å²) in [7, 11) is -4.88. The van der Waals surface area contributed by atoms with Crippen LogP contribution in [-0.2, 0) is 4.57 Å². The van der Waals surface area contributed by atoms with Crippen molar-refractivity contribution in [1.82, 2.24) is 0 Å². The molecule has 1 atom stereocenters. The SMILES string of the molecule is Cc1ccc([C@H]([NH3+])P(=O)([O-])[O-])cc1[N+](=O)[O-]. The summed E-state index contributed by atoms with van der Waals surface area (Å²) in [6.45, 7) is 1.52. The van der Waals surface area contributed by atoms with E-state index in [9.17, 15) is 24.5 Å². The quantitative estimate of drug-likeness (QED) is 0.416. The van der Waals surface area contributed by atoms with E-state index in [0.29, 0.717) is 5.56 Å². The Hall–Kier alpha value is -1.27. The first-order valence-electron chi connectivity index (χ1n) is 4.33. The maximum atomic E-state index is 10.7. The molecule has 8 heteroatoms. The molecule has 16 heavy (non-hydrogen) atoms. The molecule has 0 aliphatic carbocycles. The van der Waals surface area contributed by atoms with E-state index in [2.05, 4.69) is 5.73 Å². The average molecular weight is 245 g/mol. The number of rotatable bonds is 3. The van der Waals surface area contributed by atoms with Crippen LogP contribution in [0.3, 0.4) is 0 Å². The summed E-state index contributed by atoms with van der Waals surface area (Å²) in [6.07, 6.45) is 0. The van der Waals surface area contributed by atoms with Gasteiger partial charge in [0.15, 0.2) is 0 Å². The number of nitrogens with zero attached hydrogens (tertiary/aromatic N) is 1. The van der Waals surface area contributed by atoms with E-state index in [1.54, 1.807) is 0 Å². The largest absolute Gasteiger partial charge is 0.806 e. The van der Waals surface area contributed by atoms with Gasteiger partial charge >= 0.3 is 0 Å². The van der Waals surface area contributed by atoms with E-state index < -0.39 is 18.3 Å². The van der Waals surface area contributed by atoms with Crippen LogP contribution in [-0.4, -0.2) is 4.92 Å². The molecule has 1 aromatic carbocycles. The maximum absolute atomic E-state index is 10.7. The summed E-state index contributed by atoms with van der Waals surface area (Å²) in [5.41, 5.74) is 3.41. The van der Waals surface area contributed by atoms with Crippen molar-refractivity contribution in [2.24, 2.45) is 0 Å². The van der Waals surface area contributed by atoms with Gasteiger partial charge in [-0.25, -0.2) is 0 Å². The van der Waals surface area contributed by atoms with Crippen molar-refractivity contribution in [2.45, 2.75) is 12.7 Å². The lowest BCUT2D eigenvalue weighted by atomic mass is 10.1. The van der Waals surface area contributed by atoms with Gasteiger partial charge in [-0.15, -0.1) is 0 Å². The third-order valence-electron chi connectivity index (χ3n) is 2.20. The molecular formula is C8H10N2O5P-. The Kier molecular flexibility index (Phi) is 3.44. The highest BCUT2D eigenvalue weighted by molar-refractivity contribution is 7.48. The molecule has 0 heterocycles. The van der Waals surface area contributed by atoms with Crippen LogP contribution >= 0.6 is 7.60 Å². The topological polar surface area (TPSA) is 134 Å². The van der Waals surface area contributed by atoms with Gasteiger partial charge in [-0.3, -0.25) is 10.1 Å². The normalized spacial score (nSPS) is 13.5. The molecule has 0 aliphatic rings. The highest BCUT2D eigenvalue weighted by atomic mass is 31.2. The number of nitro benzene ring substituents is 1. The van der Waals surface area contributed by atoms with Crippen LogP contribution < -0.4 is 15.5 Å². The van der Waals surface area contributed by atoms with Crippen LogP contribution in [0.2, 0.25) is 0 Å². The molecule has 1 rings (SSSR count). The summed E-state index contributed by atoms with van der Waals surface area (Å²) in [4.78, 5) is 31.4. The molecular weight excluding hydrogens is 235 g/mol. The Labute approximate surface area is 91.2 Å². The Morgan fingerprint density at radius 1 is 1.44 bits per heavy atom. The second-order valence-electron chi connectivity index (χ2n) is 3.36. The van der Waals surface area contributed by atoms with Crippen molar-refractivity contribution in [3.63, 3.8) is 0 Å². The smallest absolute Gasteiger partial charge is 0.272 e. The van der Waals surface area contributed by atoms with Crippen molar-refractivity contribution in [2.75, 3.05) is 0 Å². The highest BCUT2D eigenvalue weighted by Crippen LogP contribution is 2.39. The van der Waals surface area contributed by atoms with Crippen LogP contribution in [0.15, 0.2) is 18.2 Å². The zero-order chi connectivity index (χ0) is 12.5. The third-order valence-corrected chi connectivity index (χ3v) is 3.26. The molecule has 3 N–H and O–H groups in total. The predicted octanol–water partition coefficient (Wildman–Crippen LogP) is -0.943. The Balaban J connectivity index is 3.23. The first kappa shape index (κ1) is 12.8. The zero-order valence-electron chi connectivity index (χ0n) is 8.45. The van der Waals surface area contributed by atoms with E-state index in [0.717, 1.165) is 6.07 Å². The Morgan fingerprint density at radius 3 is 2.44 bits per heavy atom. The van der Waals surface area contributed by atoms with E-state index in [1.807, 2.05) is 0 Å². The zero-order valence-corrected chi connectivity index (χ0v) is 9.35. The Morgan fingerprint density at radius 2 is 2.00 bits per heavy atom. The van der Waals surface area contributed by atoms with Crippen LogP contribution in [0.4, 0.5) is 5.69 Å². The predicted molar refractivity (Wildman–Crippen MR) is 51.1 cm³/mol. The molecule has 0 aromatic heterocycles. The summed E-state index contributed by atoms with van der Waals surface area (Å²) in [5.74, 6) is -1.51. The fourth-order valence-electron chi connectivity index (χ4n) is 1.21. The standard InChI is InChI=1S/C8H11N2O5P/c1-5-2-3-6(4-7(5)10(11)12)8(9)16(13,14)15/h2-4,8H,9H2,1H3,(H2,13,14,15)/p-1/t8-/m1/s1. The second-order valence-corrected chi connectivity index (χ2v) is 5.06. The maximum Gasteiger partial charge on any atom is 0.272 e. The van der Waals surface area contributed by atoms with Gasteiger partial charge in [0.2, 0.25) is 0 Å². The van der Waals surface area contributed by atoms with Crippen molar-refractivity contribution in [3.8, 4) is 0 Å². The number of nitro groups is 1. The lowest BCUT2D eigenvalue weighted by Crippen LogP contribution is -2.56. The monoisotopic (exact) mass is 245 g/mol. The molecule has 0 unspecified atom stereocenters. The first-order valence-corrected chi connectivity index (χ1v) is 5.94. The summed E-state index contributed by atoms with van der Waals surface area (Å²) < 4.78 is 10.7. The van der Waals surface area contributed by atoms with Crippen molar-refractivity contribution in [3.05, 3.63) is 39.4 Å². The van der Waals surface area contributed by atoms with Crippen LogP contribution in [0.1, 0.15) is 16.9 Å². The molecule has 0 bridgehead atoms. The second kappa shape index (κ2) is 4.31. The van der Waals surface area contributed by atoms with Crippen molar-refractivity contribution < 1.29 is 25.0 Å². The summed E-state index contributed by atoms with van der Waals surface area (Å²) in [5, 5.41) is 10.6.